The fourth-order valence-corrected chi connectivity index (χ4v) is 0.935. The van der Waals surface area contributed by atoms with Crippen LogP contribution >= 0.6 is 0 Å². The number of oxime groups is 1. The molecule has 0 radical (unpaired) electrons. The van der Waals surface area contributed by atoms with E-state index in [1.807, 2.05) is 0 Å². The lowest BCUT2D eigenvalue weighted by molar-refractivity contribution is 0.159. The van der Waals surface area contributed by atoms with E-state index in [1.54, 1.807) is 13.8 Å². The molecule has 0 fully saturated rings. The van der Waals surface area contributed by atoms with Crippen molar-refractivity contribution in [3.8, 4) is 0 Å². The Balaban J connectivity index is 2.91. The second kappa shape index (κ2) is 4.69. The zero-order valence-electron chi connectivity index (χ0n) is 8.05. The molecule has 0 unspecified atom stereocenters. The fraction of sp³-hybridized carbons (Fsp3) is 0.300. The first-order valence-corrected chi connectivity index (χ1v) is 4.27. The maximum atomic E-state index is 12.8. The quantitative estimate of drug-likeness (QED) is 0.541. The minimum atomic E-state index is -0.881. The zero-order chi connectivity index (χ0) is 10.6. The highest BCUT2D eigenvalue weighted by Gasteiger charge is 2.04. The number of benzene rings is 1. The van der Waals surface area contributed by atoms with Gasteiger partial charge < -0.3 is 4.84 Å². The van der Waals surface area contributed by atoms with Crippen molar-refractivity contribution in [2.75, 3.05) is 6.61 Å². The number of hydrogen-bond donors (Lipinski definition) is 0. The summed E-state index contributed by atoms with van der Waals surface area (Å²) in [4.78, 5) is 4.79. The summed E-state index contributed by atoms with van der Waals surface area (Å²) in [6, 6.07) is 3.61. The molecule has 76 valence electrons. The number of halogens is 2. The van der Waals surface area contributed by atoms with Gasteiger partial charge in [0.2, 0.25) is 0 Å². The van der Waals surface area contributed by atoms with Gasteiger partial charge in [0.25, 0.3) is 0 Å². The van der Waals surface area contributed by atoms with E-state index in [9.17, 15) is 8.78 Å². The Morgan fingerprint density at radius 2 is 2.07 bits per heavy atom. The molecule has 0 saturated heterocycles. The van der Waals surface area contributed by atoms with Gasteiger partial charge >= 0.3 is 0 Å². The number of nitrogens with zero attached hydrogens (tertiary/aromatic N) is 1. The summed E-state index contributed by atoms with van der Waals surface area (Å²) in [6.45, 7) is 3.91. The minimum absolute atomic E-state index is 0.445. The Hall–Kier alpha value is -1.45. The maximum Gasteiger partial charge on any atom is 0.159 e. The normalized spacial score (nSPS) is 11.6. The summed E-state index contributed by atoms with van der Waals surface area (Å²) in [7, 11) is 0. The molecule has 0 aliphatic rings. The van der Waals surface area contributed by atoms with Crippen LogP contribution in [-0.2, 0) is 4.84 Å². The summed E-state index contributed by atoms with van der Waals surface area (Å²) in [5, 5.41) is 3.71. The number of rotatable bonds is 3. The third-order valence-corrected chi connectivity index (χ3v) is 1.67. The summed E-state index contributed by atoms with van der Waals surface area (Å²) >= 11 is 0. The first-order valence-electron chi connectivity index (χ1n) is 4.27. The Morgan fingerprint density at radius 1 is 1.36 bits per heavy atom. The van der Waals surface area contributed by atoms with E-state index >= 15 is 0 Å². The summed E-state index contributed by atoms with van der Waals surface area (Å²) in [5.41, 5.74) is 1.03. The van der Waals surface area contributed by atoms with Crippen molar-refractivity contribution >= 4 is 5.71 Å². The number of hydrogen-bond acceptors (Lipinski definition) is 2. The average molecular weight is 199 g/mol. The summed E-state index contributed by atoms with van der Waals surface area (Å²) < 4.78 is 25.4. The molecule has 4 heteroatoms. The van der Waals surface area contributed by atoms with Crippen LogP contribution in [0.25, 0.3) is 0 Å². The molecule has 0 aliphatic carbocycles. The third-order valence-electron chi connectivity index (χ3n) is 1.67. The Morgan fingerprint density at radius 3 is 2.64 bits per heavy atom. The van der Waals surface area contributed by atoms with Gasteiger partial charge in [-0.2, -0.15) is 0 Å². The minimum Gasteiger partial charge on any atom is -0.396 e. The van der Waals surface area contributed by atoms with Crippen molar-refractivity contribution in [3.05, 3.63) is 35.4 Å². The molecule has 1 rings (SSSR count). The van der Waals surface area contributed by atoms with Crippen LogP contribution in [0, 0.1) is 11.6 Å². The molecule has 0 aliphatic heterocycles. The van der Waals surface area contributed by atoms with Gasteiger partial charge in [0.15, 0.2) is 11.6 Å². The lowest BCUT2D eigenvalue weighted by atomic mass is 10.1. The molecule has 0 atom stereocenters. The van der Waals surface area contributed by atoms with Crippen LogP contribution in [0.3, 0.4) is 0 Å². The van der Waals surface area contributed by atoms with Crippen molar-refractivity contribution in [1.29, 1.82) is 0 Å². The van der Waals surface area contributed by atoms with Crippen LogP contribution in [0.15, 0.2) is 23.4 Å². The van der Waals surface area contributed by atoms with Gasteiger partial charge in [-0.15, -0.1) is 0 Å². The lowest BCUT2D eigenvalue weighted by Gasteiger charge is -2.01. The van der Waals surface area contributed by atoms with Gasteiger partial charge in [0.1, 0.15) is 6.61 Å². The summed E-state index contributed by atoms with van der Waals surface area (Å²) in [6.07, 6.45) is 0. The van der Waals surface area contributed by atoms with Crippen LogP contribution in [0.4, 0.5) is 8.78 Å². The molecular weight excluding hydrogens is 188 g/mol. The van der Waals surface area contributed by atoms with E-state index in [4.69, 9.17) is 4.84 Å². The maximum absolute atomic E-state index is 12.8. The van der Waals surface area contributed by atoms with E-state index < -0.39 is 11.6 Å². The molecule has 0 saturated carbocycles. The third kappa shape index (κ3) is 2.52. The molecule has 0 N–H and O–H groups in total. The average Bonchev–Trinajstić information content (AvgIpc) is 2.18. The predicted octanol–water partition coefficient (Wildman–Crippen LogP) is 2.73. The largest absolute Gasteiger partial charge is 0.396 e. The standard InChI is InChI=1S/C10H11F2NO/c1-3-14-13-7(2)8-4-5-9(11)10(12)6-8/h4-6H,3H2,1-2H3/b13-7+. The van der Waals surface area contributed by atoms with Crippen molar-refractivity contribution < 1.29 is 13.6 Å². The van der Waals surface area contributed by atoms with Crippen molar-refractivity contribution in [2.45, 2.75) is 13.8 Å². The van der Waals surface area contributed by atoms with Crippen LogP contribution in [0.2, 0.25) is 0 Å². The first kappa shape index (κ1) is 10.6. The second-order valence-electron chi connectivity index (χ2n) is 2.72. The molecule has 0 bridgehead atoms. The molecule has 2 nitrogen and oxygen atoms in total. The molecule has 1 aromatic carbocycles. The molecule has 0 spiro atoms. The Bertz CT molecular complexity index is 350. The van der Waals surface area contributed by atoms with E-state index in [1.165, 1.54) is 6.07 Å². The van der Waals surface area contributed by atoms with Gasteiger partial charge in [-0.3, -0.25) is 0 Å². The molecule has 14 heavy (non-hydrogen) atoms. The molecule has 0 aromatic heterocycles. The Kier molecular flexibility index (Phi) is 3.56. The first-order chi connectivity index (χ1) is 6.65. The highest BCUT2D eigenvalue weighted by atomic mass is 19.2. The topological polar surface area (TPSA) is 21.6 Å². The van der Waals surface area contributed by atoms with Gasteiger partial charge in [0.05, 0.1) is 5.71 Å². The Labute approximate surface area is 81.2 Å². The van der Waals surface area contributed by atoms with Crippen molar-refractivity contribution in [2.24, 2.45) is 5.16 Å². The van der Waals surface area contributed by atoms with Gasteiger partial charge in [-0.25, -0.2) is 8.78 Å². The lowest BCUT2D eigenvalue weighted by Crippen LogP contribution is -1.98. The molecular formula is C10H11F2NO. The van der Waals surface area contributed by atoms with Crippen LogP contribution in [-0.4, -0.2) is 12.3 Å². The van der Waals surface area contributed by atoms with E-state index in [0.717, 1.165) is 12.1 Å². The smallest absolute Gasteiger partial charge is 0.159 e. The molecule has 0 amide bonds. The van der Waals surface area contributed by atoms with Crippen LogP contribution < -0.4 is 0 Å². The highest BCUT2D eigenvalue weighted by molar-refractivity contribution is 5.98. The van der Waals surface area contributed by atoms with Crippen molar-refractivity contribution in [3.63, 3.8) is 0 Å². The van der Waals surface area contributed by atoms with Crippen LogP contribution in [0.5, 0.6) is 0 Å². The van der Waals surface area contributed by atoms with Crippen LogP contribution in [0.1, 0.15) is 19.4 Å². The highest BCUT2D eigenvalue weighted by Crippen LogP contribution is 2.09. The van der Waals surface area contributed by atoms with E-state index in [-0.39, 0.29) is 0 Å². The molecule has 0 heterocycles. The second-order valence-corrected chi connectivity index (χ2v) is 2.72. The van der Waals surface area contributed by atoms with Gasteiger partial charge in [0, 0.05) is 5.56 Å². The monoisotopic (exact) mass is 199 g/mol. The van der Waals surface area contributed by atoms with Crippen molar-refractivity contribution in [1.82, 2.24) is 0 Å². The predicted molar refractivity (Wildman–Crippen MR) is 50.2 cm³/mol. The van der Waals surface area contributed by atoms with Gasteiger partial charge in [-0.05, 0) is 32.0 Å². The van der Waals surface area contributed by atoms with E-state index in [0.29, 0.717) is 17.9 Å². The summed E-state index contributed by atoms with van der Waals surface area (Å²) in [5.74, 6) is -1.74. The zero-order valence-corrected chi connectivity index (χ0v) is 8.05. The molecule has 1 aromatic rings. The van der Waals surface area contributed by atoms with Gasteiger partial charge in [-0.1, -0.05) is 5.16 Å². The SMILES string of the molecule is CCO/N=C(\C)c1ccc(F)c(F)c1. The fourth-order valence-electron chi connectivity index (χ4n) is 0.935. The van der Waals surface area contributed by atoms with E-state index in [2.05, 4.69) is 5.16 Å².